The number of hydrogen-bond donors (Lipinski definition) is 0. The van der Waals surface area contributed by atoms with Crippen LogP contribution in [0.2, 0.25) is 0 Å². The number of carbonyl (C=O) groups excluding carboxylic acids is 1. The lowest BCUT2D eigenvalue weighted by molar-refractivity contribution is -0.131. The lowest BCUT2D eigenvalue weighted by Gasteiger charge is -2.21. The largest absolute Gasteiger partial charge is 0.342 e. The second-order valence-corrected chi connectivity index (χ2v) is 5.55. The number of rotatable bonds is 7. The van der Waals surface area contributed by atoms with Gasteiger partial charge < -0.3 is 4.90 Å². The summed E-state index contributed by atoms with van der Waals surface area (Å²) in [5, 5.41) is 0.891. The van der Waals surface area contributed by atoms with Crippen LogP contribution in [0.25, 0.3) is 0 Å². The molecule has 94 valence electrons. The van der Waals surface area contributed by atoms with Crippen molar-refractivity contribution in [2.45, 2.75) is 51.9 Å². The summed E-state index contributed by atoms with van der Waals surface area (Å²) in [5.74, 6) is 1.18. The molecule has 1 fully saturated rings. The van der Waals surface area contributed by atoms with Crippen LogP contribution in [-0.2, 0) is 4.79 Å². The minimum Gasteiger partial charge on any atom is -0.342 e. The molecule has 0 unspecified atom stereocenters. The van der Waals surface area contributed by atoms with Crippen molar-refractivity contribution in [2.75, 3.05) is 18.4 Å². The van der Waals surface area contributed by atoms with Crippen molar-refractivity contribution in [2.24, 2.45) is 5.92 Å². The van der Waals surface area contributed by atoms with E-state index in [1.54, 1.807) is 0 Å². The fraction of sp³-hybridized carbons (Fsp3) is 0.923. The van der Waals surface area contributed by atoms with Crippen molar-refractivity contribution < 1.29 is 4.79 Å². The molecule has 1 aliphatic carbocycles. The van der Waals surface area contributed by atoms with Gasteiger partial charge in [-0.1, -0.05) is 48.5 Å². The highest BCUT2D eigenvalue weighted by Crippen LogP contribution is 2.28. The Bertz CT molecular complexity index is 196. The zero-order valence-electron chi connectivity index (χ0n) is 10.4. The van der Waals surface area contributed by atoms with Gasteiger partial charge in [0.05, 0.1) is 0 Å². The molecule has 1 rings (SSSR count). The lowest BCUT2D eigenvalue weighted by atomic mass is 10.0. The normalized spacial score (nSPS) is 16.6. The van der Waals surface area contributed by atoms with E-state index in [1.807, 2.05) is 4.90 Å². The SMILES string of the molecule is CCCN(CCBr)C(=O)CCC1CCCC1. The van der Waals surface area contributed by atoms with Crippen molar-refractivity contribution in [1.29, 1.82) is 0 Å². The molecule has 0 N–H and O–H groups in total. The van der Waals surface area contributed by atoms with E-state index in [9.17, 15) is 4.79 Å². The van der Waals surface area contributed by atoms with Gasteiger partial charge in [-0.25, -0.2) is 0 Å². The van der Waals surface area contributed by atoms with E-state index in [0.29, 0.717) is 5.91 Å². The first-order chi connectivity index (χ1) is 7.77. The molecule has 0 spiro atoms. The molecule has 2 nitrogen and oxygen atoms in total. The van der Waals surface area contributed by atoms with Crippen molar-refractivity contribution >= 4 is 21.8 Å². The monoisotopic (exact) mass is 289 g/mol. The van der Waals surface area contributed by atoms with Crippen LogP contribution in [0, 0.1) is 5.92 Å². The maximum absolute atomic E-state index is 12.0. The Labute approximate surface area is 108 Å². The molecule has 0 aromatic heterocycles. The minimum absolute atomic E-state index is 0.355. The summed E-state index contributed by atoms with van der Waals surface area (Å²) >= 11 is 3.41. The molecular weight excluding hydrogens is 266 g/mol. The molecule has 0 aliphatic heterocycles. The van der Waals surface area contributed by atoms with Gasteiger partial charge in [0.2, 0.25) is 5.91 Å². The van der Waals surface area contributed by atoms with Crippen LogP contribution in [0.5, 0.6) is 0 Å². The molecule has 16 heavy (non-hydrogen) atoms. The number of halogens is 1. The summed E-state index contributed by atoms with van der Waals surface area (Å²) in [6.45, 7) is 3.90. The van der Waals surface area contributed by atoms with Gasteiger partial charge in [-0.05, 0) is 18.8 Å². The van der Waals surface area contributed by atoms with Crippen LogP contribution in [-0.4, -0.2) is 29.2 Å². The lowest BCUT2D eigenvalue weighted by Crippen LogP contribution is -2.33. The van der Waals surface area contributed by atoms with Gasteiger partial charge in [-0.15, -0.1) is 0 Å². The number of amides is 1. The molecule has 0 aromatic carbocycles. The van der Waals surface area contributed by atoms with Crippen molar-refractivity contribution in [3.8, 4) is 0 Å². The highest BCUT2D eigenvalue weighted by Gasteiger charge is 2.18. The molecule has 1 amide bonds. The standard InChI is InChI=1S/C13H24BrNO/c1-2-10-15(11-9-14)13(16)8-7-12-5-3-4-6-12/h12H,2-11H2,1H3. The molecule has 0 radical (unpaired) electrons. The Kier molecular flexibility index (Phi) is 7.10. The molecule has 0 aromatic rings. The zero-order chi connectivity index (χ0) is 11.8. The molecule has 3 heteroatoms. The van der Waals surface area contributed by atoms with E-state index in [0.717, 1.165) is 43.6 Å². The first kappa shape index (κ1) is 14.0. The van der Waals surface area contributed by atoms with E-state index < -0.39 is 0 Å². The van der Waals surface area contributed by atoms with Crippen molar-refractivity contribution in [1.82, 2.24) is 4.90 Å². The fourth-order valence-corrected chi connectivity index (χ4v) is 2.95. The average molecular weight is 290 g/mol. The Morgan fingerprint density at radius 1 is 1.31 bits per heavy atom. The fourth-order valence-electron chi connectivity index (χ4n) is 2.52. The van der Waals surface area contributed by atoms with Gasteiger partial charge >= 0.3 is 0 Å². The van der Waals surface area contributed by atoms with Crippen LogP contribution >= 0.6 is 15.9 Å². The smallest absolute Gasteiger partial charge is 0.222 e. The zero-order valence-corrected chi connectivity index (χ0v) is 12.0. The molecule has 0 heterocycles. The van der Waals surface area contributed by atoms with E-state index in [2.05, 4.69) is 22.9 Å². The molecule has 1 aliphatic rings. The molecule has 0 atom stereocenters. The Morgan fingerprint density at radius 2 is 2.00 bits per heavy atom. The highest BCUT2D eigenvalue weighted by molar-refractivity contribution is 9.09. The summed E-state index contributed by atoms with van der Waals surface area (Å²) in [4.78, 5) is 14.0. The average Bonchev–Trinajstić information content (AvgIpc) is 2.78. The third kappa shape index (κ3) is 4.86. The molecule has 0 bridgehead atoms. The summed E-state index contributed by atoms with van der Waals surface area (Å²) in [5.41, 5.74) is 0. The summed E-state index contributed by atoms with van der Waals surface area (Å²) in [6, 6.07) is 0. The van der Waals surface area contributed by atoms with Gasteiger partial charge in [0.15, 0.2) is 0 Å². The highest BCUT2D eigenvalue weighted by atomic mass is 79.9. The number of nitrogens with zero attached hydrogens (tertiary/aromatic N) is 1. The first-order valence-electron chi connectivity index (χ1n) is 6.61. The Balaban J connectivity index is 2.24. The molecule has 1 saturated carbocycles. The summed E-state index contributed by atoms with van der Waals surface area (Å²) in [7, 11) is 0. The molecule has 0 saturated heterocycles. The van der Waals surface area contributed by atoms with Gasteiger partial charge in [-0.2, -0.15) is 0 Å². The first-order valence-corrected chi connectivity index (χ1v) is 7.73. The van der Waals surface area contributed by atoms with Crippen LogP contribution in [0.15, 0.2) is 0 Å². The summed E-state index contributed by atoms with van der Waals surface area (Å²) < 4.78 is 0. The van der Waals surface area contributed by atoms with Crippen LogP contribution in [0.1, 0.15) is 51.9 Å². The maximum atomic E-state index is 12.0. The molecular formula is C13H24BrNO. The summed E-state index contributed by atoms with van der Waals surface area (Å²) in [6.07, 6.45) is 8.37. The number of hydrogen-bond acceptors (Lipinski definition) is 1. The van der Waals surface area contributed by atoms with E-state index >= 15 is 0 Å². The second kappa shape index (κ2) is 8.10. The minimum atomic E-state index is 0.355. The predicted octanol–water partition coefficient (Wildman–Crippen LogP) is 3.59. The predicted molar refractivity (Wildman–Crippen MR) is 71.9 cm³/mol. The second-order valence-electron chi connectivity index (χ2n) is 4.76. The van der Waals surface area contributed by atoms with Gasteiger partial charge in [0.25, 0.3) is 0 Å². The maximum Gasteiger partial charge on any atom is 0.222 e. The van der Waals surface area contributed by atoms with Gasteiger partial charge in [0.1, 0.15) is 0 Å². The van der Waals surface area contributed by atoms with Crippen LogP contribution < -0.4 is 0 Å². The van der Waals surface area contributed by atoms with Gasteiger partial charge in [0, 0.05) is 24.8 Å². The Hall–Kier alpha value is -0.0500. The topological polar surface area (TPSA) is 20.3 Å². The number of alkyl halides is 1. The van der Waals surface area contributed by atoms with Crippen molar-refractivity contribution in [3.63, 3.8) is 0 Å². The van der Waals surface area contributed by atoms with Crippen LogP contribution in [0.4, 0.5) is 0 Å². The van der Waals surface area contributed by atoms with E-state index in [1.165, 1.54) is 25.7 Å². The number of carbonyl (C=O) groups is 1. The third-order valence-corrected chi connectivity index (χ3v) is 3.80. The quantitative estimate of drug-likeness (QED) is 0.656. The third-order valence-electron chi connectivity index (χ3n) is 3.44. The van der Waals surface area contributed by atoms with Crippen molar-refractivity contribution in [3.05, 3.63) is 0 Å². The van der Waals surface area contributed by atoms with Gasteiger partial charge in [-0.3, -0.25) is 4.79 Å². The van der Waals surface area contributed by atoms with E-state index in [4.69, 9.17) is 0 Å². The van der Waals surface area contributed by atoms with E-state index in [-0.39, 0.29) is 0 Å². The Morgan fingerprint density at radius 3 is 2.56 bits per heavy atom. The van der Waals surface area contributed by atoms with Crippen LogP contribution in [0.3, 0.4) is 0 Å².